The van der Waals surface area contributed by atoms with E-state index in [0.717, 1.165) is 32.1 Å². The van der Waals surface area contributed by atoms with Gasteiger partial charge in [-0.3, -0.25) is 4.90 Å². The molecule has 2 aliphatic rings. The lowest BCUT2D eigenvalue weighted by Gasteiger charge is -2.37. The molecule has 0 spiro atoms. The van der Waals surface area contributed by atoms with Crippen LogP contribution in [0.3, 0.4) is 0 Å². The van der Waals surface area contributed by atoms with Gasteiger partial charge in [-0.1, -0.05) is 23.2 Å². The van der Waals surface area contributed by atoms with Crippen LogP contribution in [0.15, 0.2) is 0 Å². The van der Waals surface area contributed by atoms with Crippen LogP contribution in [0, 0.1) is 5.92 Å². The van der Waals surface area contributed by atoms with Crippen molar-refractivity contribution in [2.75, 3.05) is 37.6 Å². The highest BCUT2D eigenvalue weighted by molar-refractivity contribution is 6.42. The highest BCUT2D eigenvalue weighted by atomic mass is 35.5. The number of nitrogens with two attached hydrogens (primary N) is 2. The van der Waals surface area contributed by atoms with Gasteiger partial charge in [-0.15, -0.1) is 37.2 Å². The molecule has 11 heteroatoms. The Morgan fingerprint density at radius 1 is 0.929 bits per heavy atom. The fourth-order valence-electron chi connectivity index (χ4n) is 3.78. The molecule has 1 saturated carbocycles. The number of piperazine rings is 1. The maximum atomic E-state index is 6.30. The highest BCUT2D eigenvalue weighted by Gasteiger charge is 2.24. The summed E-state index contributed by atoms with van der Waals surface area (Å²) in [6.45, 7) is 5.25. The van der Waals surface area contributed by atoms with Crippen molar-refractivity contribution >= 4 is 66.2 Å². The van der Waals surface area contributed by atoms with Gasteiger partial charge >= 0.3 is 0 Å². The molecular weight excluding hydrogens is 465 g/mol. The van der Waals surface area contributed by atoms with E-state index in [1.165, 1.54) is 38.6 Å². The summed E-state index contributed by atoms with van der Waals surface area (Å²) in [5.74, 6) is 2.09. The molecule has 164 valence electrons. The third-order valence-electron chi connectivity index (χ3n) is 5.44. The van der Waals surface area contributed by atoms with Crippen molar-refractivity contribution in [2.45, 2.75) is 44.7 Å². The van der Waals surface area contributed by atoms with E-state index in [1.807, 2.05) is 0 Å². The second-order valence-corrected chi connectivity index (χ2v) is 7.91. The first-order valence-corrected chi connectivity index (χ1v) is 9.97. The molecule has 2 heterocycles. The zero-order valence-corrected chi connectivity index (χ0v) is 19.8. The van der Waals surface area contributed by atoms with Crippen molar-refractivity contribution in [3.8, 4) is 0 Å². The van der Waals surface area contributed by atoms with Gasteiger partial charge in [-0.25, -0.2) is 9.97 Å². The summed E-state index contributed by atoms with van der Waals surface area (Å²) in [7, 11) is 0. The van der Waals surface area contributed by atoms with Crippen LogP contribution in [-0.4, -0.2) is 53.6 Å². The highest BCUT2D eigenvalue weighted by Crippen LogP contribution is 2.30. The minimum Gasteiger partial charge on any atom is -0.353 e. The molecule has 1 saturated heterocycles. The fraction of sp³-hybridized carbons (Fsp3) is 0.765. The molecule has 0 atom stereocenters. The summed E-state index contributed by atoms with van der Waals surface area (Å²) in [6, 6.07) is 0.433. The number of aromatic nitrogens is 2. The van der Waals surface area contributed by atoms with Crippen LogP contribution in [0.4, 0.5) is 5.82 Å². The fourth-order valence-corrected chi connectivity index (χ4v) is 4.16. The van der Waals surface area contributed by atoms with Gasteiger partial charge in [0.15, 0.2) is 11.0 Å². The number of nitrogens with zero attached hydrogens (tertiary/aromatic N) is 4. The molecule has 0 bridgehead atoms. The minimum absolute atomic E-state index is 0. The Hall–Kier alpha value is 0.210. The molecule has 3 rings (SSSR count). The lowest BCUT2D eigenvalue weighted by atomic mass is 9.84. The molecule has 28 heavy (non-hydrogen) atoms. The van der Waals surface area contributed by atoms with Gasteiger partial charge < -0.3 is 16.4 Å². The summed E-state index contributed by atoms with van der Waals surface area (Å²) in [4.78, 5) is 13.3. The molecule has 0 amide bonds. The molecule has 1 aliphatic heterocycles. The second-order valence-electron chi connectivity index (χ2n) is 7.17. The van der Waals surface area contributed by atoms with E-state index in [9.17, 15) is 0 Å². The normalized spacial score (nSPS) is 22.6. The zero-order chi connectivity index (χ0) is 17.8. The van der Waals surface area contributed by atoms with E-state index in [-0.39, 0.29) is 48.9 Å². The average molecular weight is 497 g/mol. The zero-order valence-electron chi connectivity index (χ0n) is 15.9. The van der Waals surface area contributed by atoms with Crippen molar-refractivity contribution in [1.29, 1.82) is 0 Å². The quantitative estimate of drug-likeness (QED) is 0.607. The molecule has 0 radical (unpaired) electrons. The van der Waals surface area contributed by atoms with Gasteiger partial charge in [0.05, 0.1) is 6.54 Å². The van der Waals surface area contributed by atoms with Crippen LogP contribution in [-0.2, 0) is 6.54 Å². The maximum Gasteiger partial charge on any atom is 0.153 e. The third-order valence-corrected chi connectivity index (χ3v) is 6.16. The Labute approximate surface area is 196 Å². The Kier molecular flexibility index (Phi) is 13.6. The van der Waals surface area contributed by atoms with Crippen LogP contribution in [0.2, 0.25) is 10.2 Å². The van der Waals surface area contributed by atoms with Crippen molar-refractivity contribution in [3.63, 3.8) is 0 Å². The minimum atomic E-state index is 0. The molecule has 0 unspecified atom stereocenters. The monoisotopic (exact) mass is 494 g/mol. The standard InChI is InChI=1S/C17H28Cl2N6.3ClH/c18-15-16(19)22-14(11-20)23-17(15)25-9-7-24(8-10-25)6-5-12-1-3-13(21)4-2-12;;;/h12-13H,1-11,20-21H2;3*1H/t12-,13-;;;. The SMILES string of the molecule is Cl.Cl.Cl.NCc1nc(Cl)c(Cl)c(N2CCN(CC[C@H]3CC[C@H](N)CC3)CC2)n1. The van der Waals surface area contributed by atoms with Gasteiger partial charge in [-0.05, 0) is 44.6 Å². The largest absolute Gasteiger partial charge is 0.353 e. The number of rotatable bonds is 5. The van der Waals surface area contributed by atoms with Crippen LogP contribution < -0.4 is 16.4 Å². The van der Waals surface area contributed by atoms with Crippen molar-refractivity contribution < 1.29 is 0 Å². The molecule has 2 fully saturated rings. The molecule has 0 aromatic carbocycles. The lowest BCUT2D eigenvalue weighted by Crippen LogP contribution is -2.47. The average Bonchev–Trinajstić information content (AvgIpc) is 2.64. The number of hydrogen-bond donors (Lipinski definition) is 2. The predicted octanol–water partition coefficient (Wildman–Crippen LogP) is 3.54. The number of hydrogen-bond acceptors (Lipinski definition) is 6. The van der Waals surface area contributed by atoms with Gasteiger partial charge in [0.25, 0.3) is 0 Å². The first-order valence-electron chi connectivity index (χ1n) is 9.21. The molecule has 1 aliphatic carbocycles. The Morgan fingerprint density at radius 3 is 2.11 bits per heavy atom. The van der Waals surface area contributed by atoms with Gasteiger partial charge in [0, 0.05) is 32.2 Å². The van der Waals surface area contributed by atoms with Crippen molar-refractivity contribution in [1.82, 2.24) is 14.9 Å². The summed E-state index contributed by atoms with van der Waals surface area (Å²) >= 11 is 12.4. The summed E-state index contributed by atoms with van der Waals surface area (Å²) in [5.41, 5.74) is 11.6. The van der Waals surface area contributed by atoms with Crippen molar-refractivity contribution in [3.05, 3.63) is 16.0 Å². The topological polar surface area (TPSA) is 84.3 Å². The van der Waals surface area contributed by atoms with Crippen LogP contribution in [0.1, 0.15) is 37.9 Å². The van der Waals surface area contributed by atoms with E-state index < -0.39 is 0 Å². The summed E-state index contributed by atoms with van der Waals surface area (Å²) < 4.78 is 0. The van der Waals surface area contributed by atoms with E-state index in [2.05, 4.69) is 19.8 Å². The van der Waals surface area contributed by atoms with E-state index in [1.54, 1.807) is 0 Å². The lowest BCUT2D eigenvalue weighted by molar-refractivity contribution is 0.216. The number of halogens is 5. The van der Waals surface area contributed by atoms with E-state index >= 15 is 0 Å². The molecule has 4 N–H and O–H groups in total. The second kappa shape index (κ2) is 13.5. The summed E-state index contributed by atoms with van der Waals surface area (Å²) in [5, 5.41) is 0.705. The first kappa shape index (κ1) is 28.2. The molecular formula is C17H31Cl5N6. The summed E-state index contributed by atoms with van der Waals surface area (Å²) in [6.07, 6.45) is 6.24. The third kappa shape index (κ3) is 7.47. The van der Waals surface area contributed by atoms with Gasteiger partial charge in [0.1, 0.15) is 10.8 Å². The Morgan fingerprint density at radius 2 is 1.54 bits per heavy atom. The Balaban J connectivity index is 0.00000243. The van der Waals surface area contributed by atoms with Crippen LogP contribution >= 0.6 is 60.4 Å². The van der Waals surface area contributed by atoms with E-state index in [4.69, 9.17) is 34.7 Å². The van der Waals surface area contributed by atoms with Gasteiger partial charge in [0.2, 0.25) is 0 Å². The molecule has 1 aromatic rings. The van der Waals surface area contributed by atoms with Crippen LogP contribution in [0.25, 0.3) is 0 Å². The van der Waals surface area contributed by atoms with E-state index in [0.29, 0.717) is 22.7 Å². The number of anilines is 1. The van der Waals surface area contributed by atoms with Gasteiger partial charge in [-0.2, -0.15) is 0 Å². The Bertz CT molecular complexity index is 577. The first-order chi connectivity index (χ1) is 12.1. The van der Waals surface area contributed by atoms with Crippen molar-refractivity contribution in [2.24, 2.45) is 17.4 Å². The molecule has 1 aromatic heterocycles. The smallest absolute Gasteiger partial charge is 0.153 e. The molecule has 6 nitrogen and oxygen atoms in total. The predicted molar refractivity (Wildman–Crippen MR) is 125 cm³/mol. The maximum absolute atomic E-state index is 6.30. The van der Waals surface area contributed by atoms with Crippen LogP contribution in [0.5, 0.6) is 0 Å².